The van der Waals surface area contributed by atoms with Gasteiger partial charge in [0.2, 0.25) is 5.91 Å². The number of amides is 2. The molecule has 3 aromatic rings. The maximum atomic E-state index is 12.8. The lowest BCUT2D eigenvalue weighted by Gasteiger charge is -2.31. The van der Waals surface area contributed by atoms with E-state index in [1.54, 1.807) is 7.11 Å². The summed E-state index contributed by atoms with van der Waals surface area (Å²) in [7, 11) is 1.63. The molecule has 2 aliphatic rings. The van der Waals surface area contributed by atoms with Crippen LogP contribution < -0.4 is 10.5 Å². The lowest BCUT2D eigenvalue weighted by atomic mass is 9.97. The molecule has 0 aliphatic carbocycles. The van der Waals surface area contributed by atoms with Crippen molar-refractivity contribution in [3.05, 3.63) is 71.3 Å². The summed E-state index contributed by atoms with van der Waals surface area (Å²) in [6.45, 7) is 1.31. The van der Waals surface area contributed by atoms with Crippen molar-refractivity contribution in [3.8, 4) is 22.7 Å². The van der Waals surface area contributed by atoms with Crippen LogP contribution in [0.15, 0.2) is 70.7 Å². The summed E-state index contributed by atoms with van der Waals surface area (Å²) in [5, 5.41) is 5.50. The van der Waals surface area contributed by atoms with Gasteiger partial charge in [0.25, 0.3) is 5.91 Å². The number of carbonyl (C=O) groups excluding carboxylic acids is 2. The Bertz CT molecular complexity index is 1320. The van der Waals surface area contributed by atoms with Crippen LogP contribution in [-0.2, 0) is 9.59 Å². The van der Waals surface area contributed by atoms with E-state index < -0.39 is 0 Å². The van der Waals surface area contributed by atoms with Gasteiger partial charge in [0.1, 0.15) is 11.4 Å². The van der Waals surface area contributed by atoms with E-state index in [1.165, 1.54) is 11.8 Å². The second-order valence-corrected chi connectivity index (χ2v) is 9.43. The third-order valence-corrected chi connectivity index (χ3v) is 7.21. The van der Waals surface area contributed by atoms with Crippen LogP contribution in [0.1, 0.15) is 18.4 Å². The minimum Gasteiger partial charge on any atom is -0.497 e. The maximum Gasteiger partial charge on any atom is 0.286 e. The predicted octanol–water partition coefficient (Wildman–Crippen LogP) is 3.72. The summed E-state index contributed by atoms with van der Waals surface area (Å²) < 4.78 is 7.21. The molecule has 178 valence electrons. The molecular weight excluding hydrogens is 462 g/mol. The zero-order valence-corrected chi connectivity index (χ0v) is 20.1. The average Bonchev–Trinajstić information content (AvgIpc) is 3.48. The molecule has 1 aromatic heterocycles. The summed E-state index contributed by atoms with van der Waals surface area (Å²) in [4.78, 5) is 31.2. The Hall–Kier alpha value is -3.85. The van der Waals surface area contributed by atoms with Crippen molar-refractivity contribution >= 4 is 34.8 Å². The smallest absolute Gasteiger partial charge is 0.286 e. The highest BCUT2D eigenvalue weighted by Gasteiger charge is 2.31. The molecule has 9 heteroatoms. The van der Waals surface area contributed by atoms with Gasteiger partial charge in [-0.3, -0.25) is 9.59 Å². The molecule has 35 heavy (non-hydrogen) atoms. The number of methoxy groups -OCH3 is 1. The van der Waals surface area contributed by atoms with Crippen molar-refractivity contribution in [3.63, 3.8) is 0 Å². The minimum absolute atomic E-state index is 0.113. The van der Waals surface area contributed by atoms with Gasteiger partial charge in [0, 0.05) is 36.3 Å². The molecule has 0 unspecified atom stereocenters. The number of benzene rings is 2. The van der Waals surface area contributed by atoms with Gasteiger partial charge in [-0.15, -0.1) is 0 Å². The highest BCUT2D eigenvalue weighted by atomic mass is 32.2. The SMILES string of the molecule is COc1cccc(-c2nn(-c3ccccc3)cc2/C=C2\SC(N3CCC(C(N)=O)CC3)=NC2=O)c1. The van der Waals surface area contributed by atoms with Crippen LogP contribution in [0.3, 0.4) is 0 Å². The fraction of sp³-hybridized carbons (Fsp3) is 0.231. The van der Waals surface area contributed by atoms with E-state index in [1.807, 2.05) is 71.6 Å². The molecule has 0 bridgehead atoms. The first-order chi connectivity index (χ1) is 17.0. The summed E-state index contributed by atoms with van der Waals surface area (Å²) in [6.07, 6.45) is 5.11. The summed E-state index contributed by atoms with van der Waals surface area (Å²) in [6, 6.07) is 17.5. The Morgan fingerprint density at radius 3 is 2.63 bits per heavy atom. The fourth-order valence-electron chi connectivity index (χ4n) is 4.23. The molecule has 0 atom stereocenters. The molecule has 3 heterocycles. The Kier molecular flexibility index (Phi) is 6.41. The number of aliphatic imine (C=N–C) groups is 1. The largest absolute Gasteiger partial charge is 0.497 e. The van der Waals surface area contributed by atoms with Crippen LogP contribution in [0.5, 0.6) is 5.75 Å². The van der Waals surface area contributed by atoms with Gasteiger partial charge < -0.3 is 15.4 Å². The predicted molar refractivity (Wildman–Crippen MR) is 137 cm³/mol. The quantitative estimate of drug-likeness (QED) is 0.551. The van der Waals surface area contributed by atoms with Gasteiger partial charge in [-0.2, -0.15) is 10.1 Å². The molecule has 2 amide bonds. The van der Waals surface area contributed by atoms with Crippen molar-refractivity contribution in [1.29, 1.82) is 0 Å². The second kappa shape index (κ2) is 9.79. The third-order valence-electron chi connectivity index (χ3n) is 6.17. The Labute approximate surface area is 207 Å². The monoisotopic (exact) mass is 487 g/mol. The first-order valence-electron chi connectivity index (χ1n) is 11.4. The Morgan fingerprint density at radius 2 is 1.91 bits per heavy atom. The highest BCUT2D eigenvalue weighted by molar-refractivity contribution is 8.18. The van der Waals surface area contributed by atoms with Crippen molar-refractivity contribution in [1.82, 2.24) is 14.7 Å². The highest BCUT2D eigenvalue weighted by Crippen LogP contribution is 2.35. The molecule has 1 saturated heterocycles. The van der Waals surface area contributed by atoms with Gasteiger partial charge in [-0.05, 0) is 54.9 Å². The average molecular weight is 488 g/mol. The number of piperidine rings is 1. The van der Waals surface area contributed by atoms with Crippen LogP contribution in [0.25, 0.3) is 23.0 Å². The van der Waals surface area contributed by atoms with E-state index in [-0.39, 0.29) is 17.7 Å². The van der Waals surface area contributed by atoms with Crippen molar-refractivity contribution < 1.29 is 14.3 Å². The lowest BCUT2D eigenvalue weighted by Crippen LogP contribution is -2.40. The van der Waals surface area contributed by atoms with E-state index in [4.69, 9.17) is 15.6 Å². The van der Waals surface area contributed by atoms with Gasteiger partial charge in [-0.1, -0.05) is 30.3 Å². The third kappa shape index (κ3) is 4.85. The van der Waals surface area contributed by atoms with E-state index >= 15 is 0 Å². The number of nitrogens with two attached hydrogens (primary N) is 1. The van der Waals surface area contributed by atoms with E-state index in [2.05, 4.69) is 9.89 Å². The van der Waals surface area contributed by atoms with Crippen molar-refractivity contribution in [2.45, 2.75) is 12.8 Å². The van der Waals surface area contributed by atoms with Crippen molar-refractivity contribution in [2.75, 3.05) is 20.2 Å². The van der Waals surface area contributed by atoms with Gasteiger partial charge in [0.05, 0.1) is 17.7 Å². The molecule has 0 saturated carbocycles. The van der Waals surface area contributed by atoms with Crippen LogP contribution in [-0.4, -0.2) is 51.9 Å². The molecule has 1 fully saturated rings. The maximum absolute atomic E-state index is 12.8. The summed E-state index contributed by atoms with van der Waals surface area (Å²) in [5.74, 6) is 0.0822. The minimum atomic E-state index is -0.272. The molecule has 8 nitrogen and oxygen atoms in total. The first kappa shape index (κ1) is 22.9. The number of para-hydroxylation sites is 1. The number of hydrogen-bond donors (Lipinski definition) is 1. The van der Waals surface area contributed by atoms with Crippen LogP contribution in [0.2, 0.25) is 0 Å². The zero-order valence-electron chi connectivity index (χ0n) is 19.3. The van der Waals surface area contributed by atoms with Crippen LogP contribution in [0.4, 0.5) is 0 Å². The molecular formula is C26H25N5O3S. The topological polar surface area (TPSA) is 103 Å². The van der Waals surface area contributed by atoms with E-state index in [0.717, 1.165) is 28.3 Å². The molecule has 2 N–H and O–H groups in total. The molecule has 2 aliphatic heterocycles. The Morgan fingerprint density at radius 1 is 1.14 bits per heavy atom. The number of ether oxygens (including phenoxy) is 1. The van der Waals surface area contributed by atoms with E-state index in [9.17, 15) is 9.59 Å². The van der Waals surface area contributed by atoms with Gasteiger partial charge in [-0.25, -0.2) is 4.68 Å². The number of primary amides is 1. The number of nitrogens with zero attached hydrogens (tertiary/aromatic N) is 4. The van der Waals surface area contributed by atoms with Crippen molar-refractivity contribution in [2.24, 2.45) is 16.6 Å². The molecule has 0 spiro atoms. The summed E-state index contributed by atoms with van der Waals surface area (Å²) in [5.41, 5.74) is 8.80. The summed E-state index contributed by atoms with van der Waals surface area (Å²) >= 11 is 1.36. The number of likely N-dealkylation sites (tertiary alicyclic amines) is 1. The number of thioether (sulfide) groups is 1. The molecule has 5 rings (SSSR count). The van der Waals surface area contributed by atoms with Crippen LogP contribution >= 0.6 is 11.8 Å². The van der Waals surface area contributed by atoms with Crippen LogP contribution in [0, 0.1) is 5.92 Å². The Balaban J connectivity index is 1.45. The molecule has 0 radical (unpaired) electrons. The standard InChI is InChI=1S/C26H25N5O3S/c1-34-21-9-5-6-18(14-21)23-19(16-31(29-23)20-7-3-2-4-8-20)15-22-25(33)28-26(35-22)30-12-10-17(11-13-30)24(27)32/h2-9,14-17H,10-13H2,1H3,(H2,27,32)/b22-15-. The zero-order chi connectivity index (χ0) is 24.4. The number of carbonyl (C=O) groups is 2. The number of aromatic nitrogens is 2. The molecule has 2 aromatic carbocycles. The lowest BCUT2D eigenvalue weighted by molar-refractivity contribution is -0.123. The number of rotatable bonds is 5. The van der Waals surface area contributed by atoms with Gasteiger partial charge >= 0.3 is 0 Å². The second-order valence-electron chi connectivity index (χ2n) is 8.42. The van der Waals surface area contributed by atoms with E-state index in [0.29, 0.717) is 36.0 Å². The first-order valence-corrected chi connectivity index (χ1v) is 12.2. The van der Waals surface area contributed by atoms with Gasteiger partial charge in [0.15, 0.2) is 5.17 Å². The number of hydrogen-bond acceptors (Lipinski definition) is 6. The fourth-order valence-corrected chi connectivity index (χ4v) is 5.19. The normalized spacial score (nSPS) is 17.6. The number of amidine groups is 1.